The minimum absolute atomic E-state index is 0.289. The predicted molar refractivity (Wildman–Crippen MR) is 51.1 cm³/mol. The van der Waals surface area contributed by atoms with Gasteiger partial charge in [0.15, 0.2) is 0 Å². The Bertz CT molecular complexity index is 148. The summed E-state index contributed by atoms with van der Waals surface area (Å²) in [4.78, 5) is 2.32. The minimum Gasteiger partial charge on any atom is -0.395 e. The van der Waals surface area contributed by atoms with Crippen molar-refractivity contribution in [2.24, 2.45) is 5.92 Å². The van der Waals surface area contributed by atoms with Gasteiger partial charge in [0.05, 0.1) is 6.61 Å². The second kappa shape index (κ2) is 4.63. The Morgan fingerprint density at radius 2 is 2.08 bits per heavy atom. The van der Waals surface area contributed by atoms with E-state index in [-0.39, 0.29) is 6.61 Å². The van der Waals surface area contributed by atoms with E-state index in [9.17, 15) is 0 Å². The summed E-state index contributed by atoms with van der Waals surface area (Å²) in [6.45, 7) is 9.47. The topological polar surface area (TPSA) is 23.5 Å². The number of aliphatic hydroxyl groups excluding tert-OH is 1. The first-order valence-corrected chi connectivity index (χ1v) is 4.72. The van der Waals surface area contributed by atoms with Gasteiger partial charge in [-0.25, -0.2) is 0 Å². The van der Waals surface area contributed by atoms with Crippen molar-refractivity contribution in [2.75, 3.05) is 26.2 Å². The van der Waals surface area contributed by atoms with E-state index in [4.69, 9.17) is 5.11 Å². The largest absolute Gasteiger partial charge is 0.395 e. The second-order valence-electron chi connectivity index (χ2n) is 3.69. The maximum absolute atomic E-state index is 8.73. The Morgan fingerprint density at radius 3 is 2.50 bits per heavy atom. The van der Waals surface area contributed by atoms with E-state index in [1.165, 1.54) is 18.4 Å². The number of β-amino-alcohol motifs (C(OH)–C–C–N with tert-alkyl or cyclic N) is 1. The maximum Gasteiger partial charge on any atom is 0.0558 e. The lowest BCUT2D eigenvalue weighted by molar-refractivity contribution is 0.156. The first kappa shape index (κ1) is 9.75. The molecule has 0 amide bonds. The van der Waals surface area contributed by atoms with E-state index in [1.54, 1.807) is 0 Å². The van der Waals surface area contributed by atoms with E-state index < -0.39 is 0 Å². The number of nitrogens with zero attached hydrogens (tertiary/aromatic N) is 1. The molecular weight excluding hydrogens is 150 g/mol. The monoisotopic (exact) mass is 169 g/mol. The van der Waals surface area contributed by atoms with E-state index in [1.807, 2.05) is 0 Å². The number of rotatable bonds is 3. The van der Waals surface area contributed by atoms with Crippen molar-refractivity contribution in [3.63, 3.8) is 0 Å². The third-order valence-electron chi connectivity index (χ3n) is 2.70. The number of likely N-dealkylation sites (tertiary alicyclic amines) is 1. The number of piperidine rings is 1. The number of hydrogen-bond acceptors (Lipinski definition) is 2. The summed E-state index contributed by atoms with van der Waals surface area (Å²) in [6, 6.07) is 0. The molecule has 0 spiro atoms. The van der Waals surface area contributed by atoms with Crippen molar-refractivity contribution in [1.82, 2.24) is 4.90 Å². The molecule has 0 aliphatic carbocycles. The fourth-order valence-corrected chi connectivity index (χ4v) is 1.79. The molecule has 0 radical (unpaired) electrons. The quantitative estimate of drug-likeness (QED) is 0.643. The normalized spacial score (nSPS) is 21.2. The highest BCUT2D eigenvalue weighted by Gasteiger charge is 2.18. The lowest BCUT2D eigenvalue weighted by atomic mass is 9.91. The molecule has 1 aliphatic rings. The molecule has 1 N–H and O–H groups in total. The summed E-state index contributed by atoms with van der Waals surface area (Å²) in [5.74, 6) is 0.722. The first-order valence-electron chi connectivity index (χ1n) is 4.72. The number of aliphatic hydroxyl groups is 1. The van der Waals surface area contributed by atoms with Gasteiger partial charge in [-0.05, 0) is 38.8 Å². The van der Waals surface area contributed by atoms with E-state index >= 15 is 0 Å². The third-order valence-corrected chi connectivity index (χ3v) is 2.70. The zero-order valence-corrected chi connectivity index (χ0v) is 7.92. The molecule has 0 aromatic carbocycles. The smallest absolute Gasteiger partial charge is 0.0558 e. The van der Waals surface area contributed by atoms with Crippen LogP contribution in [-0.4, -0.2) is 36.2 Å². The zero-order valence-electron chi connectivity index (χ0n) is 7.92. The van der Waals surface area contributed by atoms with Crippen LogP contribution in [0.1, 0.15) is 19.8 Å². The SMILES string of the molecule is C=C(C)C1CCN(CCO)CC1. The molecule has 2 nitrogen and oxygen atoms in total. The van der Waals surface area contributed by atoms with Crippen LogP contribution in [0.15, 0.2) is 12.2 Å². The Labute approximate surface area is 74.9 Å². The van der Waals surface area contributed by atoms with Crippen LogP contribution in [0.4, 0.5) is 0 Å². The Hall–Kier alpha value is -0.340. The number of allylic oxidation sites excluding steroid dienone is 1. The van der Waals surface area contributed by atoms with Crippen LogP contribution < -0.4 is 0 Å². The van der Waals surface area contributed by atoms with Crippen LogP contribution in [0.5, 0.6) is 0 Å². The highest BCUT2D eigenvalue weighted by Crippen LogP contribution is 2.22. The third kappa shape index (κ3) is 2.61. The van der Waals surface area contributed by atoms with Crippen LogP contribution in [0.2, 0.25) is 0 Å². The van der Waals surface area contributed by atoms with Crippen molar-refractivity contribution in [3.8, 4) is 0 Å². The molecule has 1 rings (SSSR count). The van der Waals surface area contributed by atoms with Gasteiger partial charge in [-0.15, -0.1) is 0 Å². The molecule has 70 valence electrons. The van der Waals surface area contributed by atoms with Gasteiger partial charge in [0, 0.05) is 6.54 Å². The summed E-state index contributed by atoms with van der Waals surface area (Å²) < 4.78 is 0. The number of hydrogen-bond donors (Lipinski definition) is 1. The fourth-order valence-electron chi connectivity index (χ4n) is 1.79. The van der Waals surface area contributed by atoms with Crippen LogP contribution >= 0.6 is 0 Å². The second-order valence-corrected chi connectivity index (χ2v) is 3.69. The molecule has 1 aliphatic heterocycles. The molecule has 0 aromatic heterocycles. The molecule has 0 aromatic rings. The summed E-state index contributed by atoms with van der Waals surface area (Å²) in [5, 5.41) is 8.73. The fraction of sp³-hybridized carbons (Fsp3) is 0.800. The van der Waals surface area contributed by atoms with Gasteiger partial charge in [-0.2, -0.15) is 0 Å². The van der Waals surface area contributed by atoms with Crippen molar-refractivity contribution >= 4 is 0 Å². The lowest BCUT2D eigenvalue weighted by Crippen LogP contribution is -2.35. The first-order chi connectivity index (χ1) is 5.74. The molecule has 12 heavy (non-hydrogen) atoms. The average Bonchev–Trinajstić information content (AvgIpc) is 2.06. The summed E-state index contributed by atoms with van der Waals surface area (Å²) >= 11 is 0. The standard InChI is InChI=1S/C10H19NO/c1-9(2)10-3-5-11(6-4-10)7-8-12/h10,12H,1,3-8H2,2H3. The van der Waals surface area contributed by atoms with Crippen molar-refractivity contribution in [1.29, 1.82) is 0 Å². The summed E-state index contributed by atoms with van der Waals surface area (Å²) in [7, 11) is 0. The van der Waals surface area contributed by atoms with Crippen LogP contribution in [0.25, 0.3) is 0 Å². The van der Waals surface area contributed by atoms with Gasteiger partial charge >= 0.3 is 0 Å². The highest BCUT2D eigenvalue weighted by atomic mass is 16.3. The Balaban J connectivity index is 2.25. The van der Waals surface area contributed by atoms with Gasteiger partial charge in [-0.3, -0.25) is 0 Å². The predicted octanol–water partition coefficient (Wildman–Crippen LogP) is 1.27. The van der Waals surface area contributed by atoms with Gasteiger partial charge in [0.1, 0.15) is 0 Å². The molecule has 1 heterocycles. The Morgan fingerprint density at radius 1 is 1.50 bits per heavy atom. The van der Waals surface area contributed by atoms with Gasteiger partial charge < -0.3 is 10.0 Å². The maximum atomic E-state index is 8.73. The van der Waals surface area contributed by atoms with E-state index in [2.05, 4.69) is 18.4 Å². The molecule has 1 saturated heterocycles. The molecule has 0 bridgehead atoms. The Kier molecular flexibility index (Phi) is 3.76. The molecule has 0 atom stereocenters. The minimum atomic E-state index is 0.289. The van der Waals surface area contributed by atoms with Crippen molar-refractivity contribution in [3.05, 3.63) is 12.2 Å². The van der Waals surface area contributed by atoms with Gasteiger partial charge in [0.25, 0.3) is 0 Å². The van der Waals surface area contributed by atoms with Crippen LogP contribution in [-0.2, 0) is 0 Å². The highest BCUT2D eigenvalue weighted by molar-refractivity contribution is 4.98. The van der Waals surface area contributed by atoms with Crippen LogP contribution in [0.3, 0.4) is 0 Å². The molecular formula is C10H19NO. The molecule has 0 saturated carbocycles. The zero-order chi connectivity index (χ0) is 8.97. The molecule has 1 fully saturated rings. The van der Waals surface area contributed by atoms with Gasteiger partial charge in [0.2, 0.25) is 0 Å². The van der Waals surface area contributed by atoms with E-state index in [0.29, 0.717) is 0 Å². The average molecular weight is 169 g/mol. The summed E-state index contributed by atoms with van der Waals surface area (Å²) in [5.41, 5.74) is 1.32. The molecule has 0 unspecified atom stereocenters. The van der Waals surface area contributed by atoms with Crippen LogP contribution in [0, 0.1) is 5.92 Å². The molecule has 2 heteroatoms. The van der Waals surface area contributed by atoms with Crippen molar-refractivity contribution in [2.45, 2.75) is 19.8 Å². The lowest BCUT2D eigenvalue weighted by Gasteiger charge is -2.31. The summed E-state index contributed by atoms with van der Waals surface area (Å²) in [6.07, 6.45) is 2.44. The van der Waals surface area contributed by atoms with E-state index in [0.717, 1.165) is 25.6 Å². The van der Waals surface area contributed by atoms with Crippen molar-refractivity contribution < 1.29 is 5.11 Å². The van der Waals surface area contributed by atoms with Gasteiger partial charge in [-0.1, -0.05) is 12.2 Å².